The maximum absolute atomic E-state index is 13.3. The number of rotatable bonds is 7. The normalized spacial score (nSPS) is 21.2. The molecule has 1 unspecified atom stereocenters. The second kappa shape index (κ2) is 11.3. The minimum absolute atomic E-state index is 0.0130. The summed E-state index contributed by atoms with van der Waals surface area (Å²) in [5, 5.41) is 4.02. The van der Waals surface area contributed by atoms with Gasteiger partial charge in [0, 0.05) is 62.3 Å². The summed E-state index contributed by atoms with van der Waals surface area (Å²) in [7, 11) is 2.02. The Labute approximate surface area is 218 Å². The Morgan fingerprint density at radius 2 is 1.84 bits per heavy atom. The zero-order chi connectivity index (χ0) is 26.6. The molecule has 8 nitrogen and oxygen atoms in total. The third kappa shape index (κ3) is 7.16. The zero-order valence-corrected chi connectivity index (χ0v) is 21.5. The average molecular weight is 542 g/mol. The number of halogens is 4. The number of ether oxygens (including phenoxy) is 1. The van der Waals surface area contributed by atoms with Gasteiger partial charge in [0.05, 0.1) is 6.61 Å². The first-order chi connectivity index (χ1) is 17.5. The molecule has 1 atom stereocenters. The Balaban J connectivity index is 1.48. The number of nitrogens with zero attached hydrogens (tertiary/aromatic N) is 5. The van der Waals surface area contributed by atoms with Crippen molar-refractivity contribution in [2.75, 3.05) is 52.9 Å². The fourth-order valence-electron chi connectivity index (χ4n) is 4.86. The van der Waals surface area contributed by atoms with Gasteiger partial charge in [-0.3, -0.25) is 14.3 Å². The molecule has 2 aliphatic heterocycles. The smallest absolute Gasteiger partial charge is 0.435 e. The number of alkyl halides is 3. The first kappa shape index (κ1) is 27.3. The average Bonchev–Trinajstić information content (AvgIpc) is 3.33. The van der Waals surface area contributed by atoms with Crippen LogP contribution in [0.1, 0.15) is 25.0 Å². The molecule has 3 heterocycles. The highest BCUT2D eigenvalue weighted by Gasteiger charge is 2.41. The van der Waals surface area contributed by atoms with E-state index in [1.807, 2.05) is 11.9 Å². The summed E-state index contributed by atoms with van der Waals surface area (Å²) in [5.74, 6) is 0.230. The van der Waals surface area contributed by atoms with Gasteiger partial charge in [-0.25, -0.2) is 0 Å². The number of hydrogen-bond donors (Lipinski definition) is 0. The van der Waals surface area contributed by atoms with E-state index in [2.05, 4.69) is 10.00 Å². The number of carbonyl (C=O) groups excluding carboxylic acids is 2. The standard InChI is InChI=1S/C25H31ClF3N5O3/c1-31-10-12-32(13-11-31)22(35)15-24(18-37-20-5-2-4-19(26)14-20)7-3-8-33(17-24)23(36)16-34-9-6-21(30-34)25(27,28)29/h2,4-6,9,14H,3,7-8,10-13,15-18H2,1H3. The van der Waals surface area contributed by atoms with Gasteiger partial charge < -0.3 is 19.4 Å². The molecule has 2 aromatic rings. The van der Waals surface area contributed by atoms with Crippen LogP contribution in [0.5, 0.6) is 5.75 Å². The predicted octanol–water partition coefficient (Wildman–Crippen LogP) is 3.41. The van der Waals surface area contributed by atoms with Gasteiger partial charge in [0.1, 0.15) is 12.3 Å². The molecule has 2 saturated heterocycles. The van der Waals surface area contributed by atoms with Crippen LogP contribution >= 0.6 is 11.6 Å². The largest absolute Gasteiger partial charge is 0.493 e. The lowest BCUT2D eigenvalue weighted by molar-refractivity contribution is -0.143. The highest BCUT2D eigenvalue weighted by molar-refractivity contribution is 6.30. The molecule has 1 aromatic carbocycles. The lowest BCUT2D eigenvalue weighted by Crippen LogP contribution is -2.53. The Bertz CT molecular complexity index is 1100. The molecule has 0 N–H and O–H groups in total. The number of aromatic nitrogens is 2. The number of amides is 2. The van der Waals surface area contributed by atoms with Crippen molar-refractivity contribution in [1.82, 2.24) is 24.5 Å². The molecule has 2 aliphatic rings. The summed E-state index contributed by atoms with van der Waals surface area (Å²) in [4.78, 5) is 32.0. The zero-order valence-electron chi connectivity index (χ0n) is 20.7. The number of piperidine rings is 1. The lowest BCUT2D eigenvalue weighted by Gasteiger charge is -2.43. The van der Waals surface area contributed by atoms with Crippen molar-refractivity contribution in [2.24, 2.45) is 5.41 Å². The third-order valence-corrected chi connectivity index (χ3v) is 7.20. The Kier molecular flexibility index (Phi) is 8.33. The molecule has 0 bridgehead atoms. The monoisotopic (exact) mass is 541 g/mol. The molecule has 2 amide bonds. The van der Waals surface area contributed by atoms with Gasteiger partial charge in [-0.2, -0.15) is 18.3 Å². The van der Waals surface area contributed by atoms with E-state index in [1.165, 1.54) is 0 Å². The van der Waals surface area contributed by atoms with Gasteiger partial charge in [-0.1, -0.05) is 17.7 Å². The van der Waals surface area contributed by atoms with Crippen LogP contribution in [-0.4, -0.2) is 89.2 Å². The SMILES string of the molecule is CN1CCN(C(=O)CC2(COc3cccc(Cl)c3)CCCN(C(=O)Cn3ccc(C(F)(F)F)n3)C2)CC1. The molecule has 202 valence electrons. The van der Waals surface area contributed by atoms with Crippen LogP contribution in [0.3, 0.4) is 0 Å². The molecular weight excluding hydrogens is 511 g/mol. The maximum atomic E-state index is 13.3. The number of likely N-dealkylation sites (tertiary alicyclic amines) is 1. The quantitative estimate of drug-likeness (QED) is 0.537. The number of carbonyl (C=O) groups is 2. The van der Waals surface area contributed by atoms with Gasteiger partial charge in [0.15, 0.2) is 5.69 Å². The minimum atomic E-state index is -4.57. The van der Waals surface area contributed by atoms with Gasteiger partial charge in [-0.05, 0) is 44.2 Å². The first-order valence-corrected chi connectivity index (χ1v) is 12.6. The summed E-state index contributed by atoms with van der Waals surface area (Å²) in [6, 6.07) is 7.83. The number of benzene rings is 1. The van der Waals surface area contributed by atoms with Crippen LogP contribution in [0.4, 0.5) is 13.2 Å². The Morgan fingerprint density at radius 1 is 1.08 bits per heavy atom. The predicted molar refractivity (Wildman–Crippen MR) is 131 cm³/mol. The summed E-state index contributed by atoms with van der Waals surface area (Å²) in [5.41, 5.74) is -1.68. The highest BCUT2D eigenvalue weighted by atomic mass is 35.5. The molecule has 0 aliphatic carbocycles. The lowest BCUT2D eigenvalue weighted by atomic mass is 9.77. The molecule has 37 heavy (non-hydrogen) atoms. The van der Waals surface area contributed by atoms with E-state index in [-0.39, 0.29) is 37.9 Å². The Hall–Kier alpha value is -2.79. The van der Waals surface area contributed by atoms with Crippen molar-refractivity contribution in [2.45, 2.75) is 32.0 Å². The maximum Gasteiger partial charge on any atom is 0.435 e. The Morgan fingerprint density at radius 3 is 2.51 bits per heavy atom. The van der Waals surface area contributed by atoms with Crippen LogP contribution < -0.4 is 4.74 Å². The summed E-state index contributed by atoms with van der Waals surface area (Å²) in [6.45, 7) is 3.49. The fourth-order valence-corrected chi connectivity index (χ4v) is 5.04. The molecule has 0 radical (unpaired) electrons. The van der Waals surface area contributed by atoms with Crippen LogP contribution in [-0.2, 0) is 22.3 Å². The van der Waals surface area contributed by atoms with E-state index in [4.69, 9.17) is 16.3 Å². The van der Waals surface area contributed by atoms with E-state index in [9.17, 15) is 22.8 Å². The number of hydrogen-bond acceptors (Lipinski definition) is 5. The van der Waals surface area contributed by atoms with Crippen LogP contribution in [0.25, 0.3) is 0 Å². The van der Waals surface area contributed by atoms with E-state index < -0.39 is 17.3 Å². The van der Waals surface area contributed by atoms with E-state index in [0.717, 1.165) is 30.0 Å². The second-order valence-electron chi connectivity index (χ2n) is 9.92. The van der Waals surface area contributed by atoms with Crippen LogP contribution in [0.2, 0.25) is 5.02 Å². The molecule has 0 saturated carbocycles. The highest BCUT2D eigenvalue weighted by Crippen LogP contribution is 2.36. The first-order valence-electron chi connectivity index (χ1n) is 12.3. The summed E-state index contributed by atoms with van der Waals surface area (Å²) < 4.78 is 45.8. The molecule has 4 rings (SSSR count). The van der Waals surface area contributed by atoms with E-state index in [0.29, 0.717) is 43.2 Å². The van der Waals surface area contributed by atoms with Crippen LogP contribution in [0, 0.1) is 5.41 Å². The molecule has 0 spiro atoms. The summed E-state index contributed by atoms with van der Waals surface area (Å²) >= 11 is 6.09. The van der Waals surface area contributed by atoms with Crippen molar-refractivity contribution in [3.05, 3.63) is 47.2 Å². The van der Waals surface area contributed by atoms with E-state index in [1.54, 1.807) is 29.2 Å². The molecule has 12 heteroatoms. The number of piperazine rings is 1. The van der Waals surface area contributed by atoms with E-state index >= 15 is 0 Å². The van der Waals surface area contributed by atoms with Crippen molar-refractivity contribution in [1.29, 1.82) is 0 Å². The fraction of sp³-hybridized carbons (Fsp3) is 0.560. The molecule has 2 fully saturated rings. The second-order valence-corrected chi connectivity index (χ2v) is 10.4. The minimum Gasteiger partial charge on any atom is -0.493 e. The third-order valence-electron chi connectivity index (χ3n) is 6.97. The van der Waals surface area contributed by atoms with Gasteiger partial charge in [0.25, 0.3) is 0 Å². The van der Waals surface area contributed by atoms with Gasteiger partial charge in [-0.15, -0.1) is 0 Å². The number of likely N-dealkylation sites (N-methyl/N-ethyl adjacent to an activating group) is 1. The topological polar surface area (TPSA) is 70.9 Å². The van der Waals surface area contributed by atoms with Crippen LogP contribution in [0.15, 0.2) is 36.5 Å². The van der Waals surface area contributed by atoms with Crippen molar-refractivity contribution >= 4 is 23.4 Å². The molecular formula is C25H31ClF3N5O3. The molecule has 1 aromatic heterocycles. The summed E-state index contributed by atoms with van der Waals surface area (Å²) in [6.07, 6.45) is -1.89. The van der Waals surface area contributed by atoms with Gasteiger partial charge >= 0.3 is 6.18 Å². The van der Waals surface area contributed by atoms with Crippen molar-refractivity contribution in [3.63, 3.8) is 0 Å². The van der Waals surface area contributed by atoms with Crippen molar-refractivity contribution < 1.29 is 27.5 Å². The van der Waals surface area contributed by atoms with Gasteiger partial charge in [0.2, 0.25) is 11.8 Å². The van der Waals surface area contributed by atoms with Crippen molar-refractivity contribution in [3.8, 4) is 5.75 Å².